The van der Waals surface area contributed by atoms with Crippen molar-refractivity contribution in [2.45, 2.75) is 6.73 Å². The molecule has 0 atom stereocenters. The summed E-state index contributed by atoms with van der Waals surface area (Å²) >= 11 is 0. The number of rotatable bonds is 1. The SMILES string of the molecule is O=C1C=CC(=O)N1.OCn1cccc1. The Morgan fingerprint density at radius 1 is 1.14 bits per heavy atom. The Balaban J connectivity index is 0.000000140. The smallest absolute Gasteiger partial charge is 0.250 e. The van der Waals surface area contributed by atoms with Crippen LogP contribution in [0.1, 0.15) is 0 Å². The molecular weight excluding hydrogens is 184 g/mol. The Bertz CT molecular complexity index is 325. The Hall–Kier alpha value is -1.88. The minimum absolute atomic E-state index is 0.0764. The van der Waals surface area contributed by atoms with E-state index in [2.05, 4.69) is 0 Å². The lowest BCUT2D eigenvalue weighted by molar-refractivity contribution is -0.123. The third-order valence-electron chi connectivity index (χ3n) is 1.46. The number of amides is 2. The molecule has 0 radical (unpaired) electrons. The van der Waals surface area contributed by atoms with Crippen molar-refractivity contribution in [1.29, 1.82) is 0 Å². The van der Waals surface area contributed by atoms with Gasteiger partial charge in [0.1, 0.15) is 6.73 Å². The topological polar surface area (TPSA) is 71.3 Å². The average Bonchev–Trinajstić information content (AvgIpc) is 2.78. The van der Waals surface area contributed by atoms with Crippen molar-refractivity contribution in [2.75, 3.05) is 0 Å². The number of nitrogens with zero attached hydrogens (tertiary/aromatic N) is 1. The van der Waals surface area contributed by atoms with Crippen LogP contribution in [0.4, 0.5) is 0 Å². The van der Waals surface area contributed by atoms with Crippen LogP contribution < -0.4 is 5.32 Å². The first kappa shape index (κ1) is 10.2. The molecular formula is C9H10N2O3. The van der Waals surface area contributed by atoms with Crippen LogP contribution in [0.15, 0.2) is 36.7 Å². The van der Waals surface area contributed by atoms with E-state index in [1.54, 1.807) is 17.0 Å². The minimum Gasteiger partial charge on any atom is -0.376 e. The van der Waals surface area contributed by atoms with Gasteiger partial charge in [0.2, 0.25) is 0 Å². The molecule has 0 aliphatic carbocycles. The van der Waals surface area contributed by atoms with Gasteiger partial charge in [0, 0.05) is 24.5 Å². The number of aromatic nitrogens is 1. The molecule has 0 spiro atoms. The first-order valence-corrected chi connectivity index (χ1v) is 3.97. The highest BCUT2D eigenvalue weighted by Crippen LogP contribution is 1.85. The van der Waals surface area contributed by atoms with Crippen LogP contribution in [0.25, 0.3) is 0 Å². The highest BCUT2D eigenvalue weighted by molar-refractivity contribution is 6.12. The number of hydrogen-bond donors (Lipinski definition) is 2. The monoisotopic (exact) mass is 194 g/mol. The van der Waals surface area contributed by atoms with Crippen molar-refractivity contribution in [3.05, 3.63) is 36.7 Å². The zero-order valence-electron chi connectivity index (χ0n) is 7.38. The normalized spacial score (nSPS) is 13.5. The summed E-state index contributed by atoms with van der Waals surface area (Å²) in [7, 11) is 0. The molecule has 2 heterocycles. The summed E-state index contributed by atoms with van der Waals surface area (Å²) in [5.41, 5.74) is 0. The van der Waals surface area contributed by atoms with Crippen molar-refractivity contribution in [3.63, 3.8) is 0 Å². The first-order valence-electron chi connectivity index (χ1n) is 3.97. The number of carbonyl (C=O) groups is 2. The Labute approximate surface area is 80.7 Å². The molecule has 1 aromatic rings. The molecule has 5 nitrogen and oxygen atoms in total. The second-order valence-electron chi connectivity index (χ2n) is 2.53. The van der Waals surface area contributed by atoms with E-state index >= 15 is 0 Å². The number of hydrogen-bond acceptors (Lipinski definition) is 3. The van der Waals surface area contributed by atoms with Crippen molar-refractivity contribution in [1.82, 2.24) is 9.88 Å². The van der Waals surface area contributed by atoms with E-state index in [4.69, 9.17) is 5.11 Å². The zero-order chi connectivity index (χ0) is 10.4. The number of imide groups is 1. The molecule has 14 heavy (non-hydrogen) atoms. The summed E-state index contributed by atoms with van der Waals surface area (Å²) in [6.45, 7) is 0.0764. The Morgan fingerprint density at radius 2 is 1.64 bits per heavy atom. The van der Waals surface area contributed by atoms with Crippen molar-refractivity contribution in [2.24, 2.45) is 0 Å². The molecule has 5 heteroatoms. The molecule has 0 aromatic carbocycles. The quantitative estimate of drug-likeness (QED) is 0.599. The first-order chi connectivity index (χ1) is 6.72. The molecule has 1 aliphatic rings. The summed E-state index contributed by atoms with van der Waals surface area (Å²) in [4.78, 5) is 20.1. The van der Waals surface area contributed by atoms with Gasteiger partial charge in [-0.3, -0.25) is 14.9 Å². The largest absolute Gasteiger partial charge is 0.376 e. The number of aliphatic hydroxyl groups is 1. The van der Waals surface area contributed by atoms with Gasteiger partial charge in [-0.15, -0.1) is 0 Å². The van der Waals surface area contributed by atoms with E-state index in [1.165, 1.54) is 12.2 Å². The van der Waals surface area contributed by atoms with Gasteiger partial charge >= 0.3 is 0 Å². The fourth-order valence-electron chi connectivity index (χ4n) is 0.821. The maximum absolute atomic E-state index is 10.0. The predicted molar refractivity (Wildman–Crippen MR) is 48.9 cm³/mol. The van der Waals surface area contributed by atoms with E-state index in [1.807, 2.05) is 17.4 Å². The van der Waals surface area contributed by atoms with Crippen LogP contribution >= 0.6 is 0 Å². The summed E-state index contributed by atoms with van der Waals surface area (Å²) in [5.74, 6) is -0.657. The maximum Gasteiger partial charge on any atom is 0.250 e. The summed E-state index contributed by atoms with van der Waals surface area (Å²) in [6.07, 6.45) is 6.00. The highest BCUT2D eigenvalue weighted by atomic mass is 16.3. The van der Waals surface area contributed by atoms with Crippen LogP contribution in [-0.4, -0.2) is 21.5 Å². The molecule has 0 saturated heterocycles. The molecule has 1 aliphatic heterocycles. The average molecular weight is 194 g/mol. The van der Waals surface area contributed by atoms with Crippen LogP contribution in [0, 0.1) is 0 Å². The fourth-order valence-corrected chi connectivity index (χ4v) is 0.821. The lowest BCUT2D eigenvalue weighted by Crippen LogP contribution is -2.19. The third-order valence-corrected chi connectivity index (χ3v) is 1.46. The van der Waals surface area contributed by atoms with Gasteiger partial charge < -0.3 is 9.67 Å². The lowest BCUT2D eigenvalue weighted by Gasteiger charge is -1.89. The molecule has 74 valence electrons. The number of aliphatic hydroxyl groups excluding tert-OH is 1. The van der Waals surface area contributed by atoms with E-state index in [0.29, 0.717) is 0 Å². The van der Waals surface area contributed by atoms with E-state index < -0.39 is 0 Å². The minimum atomic E-state index is -0.329. The fraction of sp³-hybridized carbons (Fsp3) is 0.111. The van der Waals surface area contributed by atoms with Gasteiger partial charge in [-0.2, -0.15) is 0 Å². The van der Waals surface area contributed by atoms with E-state index in [9.17, 15) is 9.59 Å². The van der Waals surface area contributed by atoms with Gasteiger partial charge in [-0.1, -0.05) is 0 Å². The zero-order valence-corrected chi connectivity index (χ0v) is 7.38. The Morgan fingerprint density at radius 3 is 1.86 bits per heavy atom. The highest BCUT2D eigenvalue weighted by Gasteiger charge is 2.06. The van der Waals surface area contributed by atoms with Crippen molar-refractivity contribution in [3.8, 4) is 0 Å². The Kier molecular flexibility index (Phi) is 3.63. The van der Waals surface area contributed by atoms with Crippen LogP contribution in [0.3, 0.4) is 0 Å². The summed E-state index contributed by atoms with van der Waals surface area (Å²) < 4.78 is 1.68. The van der Waals surface area contributed by atoms with Gasteiger partial charge in [0.05, 0.1) is 0 Å². The van der Waals surface area contributed by atoms with Gasteiger partial charge in [0.25, 0.3) is 11.8 Å². The van der Waals surface area contributed by atoms with Crippen LogP contribution in [-0.2, 0) is 16.3 Å². The summed E-state index contributed by atoms with van der Waals surface area (Å²) in [6, 6.07) is 3.74. The van der Waals surface area contributed by atoms with Gasteiger partial charge in [-0.05, 0) is 12.1 Å². The molecule has 2 N–H and O–H groups in total. The van der Waals surface area contributed by atoms with Crippen LogP contribution in [0.2, 0.25) is 0 Å². The second kappa shape index (κ2) is 4.98. The summed E-state index contributed by atoms with van der Waals surface area (Å²) in [5, 5.41) is 10.4. The van der Waals surface area contributed by atoms with Crippen LogP contribution in [0.5, 0.6) is 0 Å². The maximum atomic E-state index is 10.0. The van der Waals surface area contributed by atoms with Gasteiger partial charge in [-0.25, -0.2) is 0 Å². The number of carbonyl (C=O) groups excluding carboxylic acids is 2. The molecule has 0 saturated carbocycles. The molecule has 0 fully saturated rings. The van der Waals surface area contributed by atoms with E-state index in [0.717, 1.165) is 0 Å². The molecule has 1 aromatic heterocycles. The standard InChI is InChI=1S/C5H7NO.C4H3NO2/c7-5-6-3-1-2-4-6;6-3-1-2-4(7)5-3/h1-4,7H,5H2;1-2H,(H,5,6,7). The molecule has 2 rings (SSSR count). The third kappa shape index (κ3) is 3.24. The van der Waals surface area contributed by atoms with Crippen molar-refractivity contribution >= 4 is 11.8 Å². The lowest BCUT2D eigenvalue weighted by atomic mass is 10.6. The van der Waals surface area contributed by atoms with Gasteiger partial charge in [0.15, 0.2) is 0 Å². The number of nitrogens with one attached hydrogen (secondary N) is 1. The molecule has 0 unspecified atom stereocenters. The predicted octanol–water partition coefficient (Wildman–Crippen LogP) is -0.363. The molecule has 0 bridgehead atoms. The van der Waals surface area contributed by atoms with E-state index in [-0.39, 0.29) is 18.5 Å². The van der Waals surface area contributed by atoms with Crippen molar-refractivity contribution < 1.29 is 14.7 Å². The molecule has 2 amide bonds. The second-order valence-corrected chi connectivity index (χ2v) is 2.53.